The van der Waals surface area contributed by atoms with Crippen LogP contribution in [0.1, 0.15) is 5.69 Å². The Kier molecular flexibility index (Phi) is 2.41. The van der Waals surface area contributed by atoms with Crippen molar-refractivity contribution in [1.29, 1.82) is 0 Å². The van der Waals surface area contributed by atoms with Crippen molar-refractivity contribution >= 4 is 27.6 Å². The molecule has 0 fully saturated rings. The molecule has 0 saturated heterocycles. The first-order valence-corrected chi connectivity index (χ1v) is 6.67. The van der Waals surface area contributed by atoms with Crippen LogP contribution in [0.4, 0.5) is 5.82 Å². The second-order valence-electron chi connectivity index (χ2n) is 5.00. The van der Waals surface area contributed by atoms with Crippen molar-refractivity contribution in [1.82, 2.24) is 19.9 Å². The first-order chi connectivity index (χ1) is 10.3. The van der Waals surface area contributed by atoms with Gasteiger partial charge in [0.05, 0.1) is 0 Å². The number of rotatable bonds is 1. The third kappa shape index (κ3) is 1.67. The van der Waals surface area contributed by atoms with Gasteiger partial charge in [-0.15, -0.1) is 0 Å². The third-order valence-electron chi connectivity index (χ3n) is 3.75. The van der Waals surface area contributed by atoms with Crippen LogP contribution in [0.15, 0.2) is 43.0 Å². The van der Waals surface area contributed by atoms with E-state index in [1.54, 1.807) is 18.6 Å². The van der Waals surface area contributed by atoms with E-state index in [0.717, 1.165) is 38.6 Å². The molecule has 0 radical (unpaired) electrons. The van der Waals surface area contributed by atoms with Crippen molar-refractivity contribution in [3.63, 3.8) is 0 Å². The van der Waals surface area contributed by atoms with Crippen molar-refractivity contribution in [3.05, 3.63) is 48.7 Å². The summed E-state index contributed by atoms with van der Waals surface area (Å²) >= 11 is 0. The fourth-order valence-corrected chi connectivity index (χ4v) is 2.80. The molecule has 4 heterocycles. The summed E-state index contributed by atoms with van der Waals surface area (Å²) in [5.41, 5.74) is 10.1. The smallest absolute Gasteiger partial charge is 0.138 e. The predicted octanol–water partition coefficient (Wildman–Crippen LogP) is 3.06. The van der Waals surface area contributed by atoms with E-state index in [2.05, 4.69) is 26.0 Å². The number of anilines is 1. The van der Waals surface area contributed by atoms with Crippen molar-refractivity contribution in [2.75, 3.05) is 5.73 Å². The lowest BCUT2D eigenvalue weighted by Gasteiger charge is -2.08. The number of fused-ring (bicyclic) bond motifs is 2. The molecular weight excluding hydrogens is 262 g/mol. The summed E-state index contributed by atoms with van der Waals surface area (Å²) in [6, 6.07) is 5.97. The summed E-state index contributed by atoms with van der Waals surface area (Å²) in [5, 5.41) is 3.00. The molecule has 0 amide bonds. The number of H-pyrrole nitrogens is 1. The lowest BCUT2D eigenvalue weighted by atomic mass is 10.00. The maximum atomic E-state index is 5.96. The van der Waals surface area contributed by atoms with Gasteiger partial charge in [0.15, 0.2) is 0 Å². The van der Waals surface area contributed by atoms with Gasteiger partial charge in [0.1, 0.15) is 11.5 Å². The maximum absolute atomic E-state index is 5.96. The van der Waals surface area contributed by atoms with Gasteiger partial charge in [0.2, 0.25) is 0 Å². The molecule has 4 aromatic rings. The number of hydrogen-bond donors (Lipinski definition) is 2. The van der Waals surface area contributed by atoms with Crippen molar-refractivity contribution < 1.29 is 0 Å². The van der Waals surface area contributed by atoms with E-state index in [1.807, 2.05) is 25.3 Å². The average molecular weight is 275 g/mol. The Labute approximate surface area is 120 Å². The number of nitrogens with one attached hydrogen (secondary N) is 1. The largest absolute Gasteiger partial charge is 0.383 e. The van der Waals surface area contributed by atoms with Gasteiger partial charge in [0.25, 0.3) is 0 Å². The van der Waals surface area contributed by atoms with E-state index in [4.69, 9.17) is 5.73 Å². The van der Waals surface area contributed by atoms with Crippen LogP contribution in [0.2, 0.25) is 0 Å². The second-order valence-corrected chi connectivity index (χ2v) is 5.00. The number of aromatic nitrogens is 4. The van der Waals surface area contributed by atoms with E-state index in [1.165, 1.54) is 0 Å². The van der Waals surface area contributed by atoms with Gasteiger partial charge in [-0.2, -0.15) is 0 Å². The SMILES string of the molecule is Cc1[nH]c2ncccc2c1-c1cnc(N)c2cnccc12. The van der Waals surface area contributed by atoms with Gasteiger partial charge in [-0.1, -0.05) is 0 Å². The van der Waals surface area contributed by atoms with E-state index >= 15 is 0 Å². The lowest BCUT2D eigenvalue weighted by molar-refractivity contribution is 1.25. The summed E-state index contributed by atoms with van der Waals surface area (Å²) in [6.07, 6.45) is 7.13. The highest BCUT2D eigenvalue weighted by molar-refractivity contribution is 6.07. The predicted molar refractivity (Wildman–Crippen MR) is 83.8 cm³/mol. The maximum Gasteiger partial charge on any atom is 0.138 e. The number of aryl methyl sites for hydroxylation is 1. The molecule has 4 rings (SSSR count). The van der Waals surface area contributed by atoms with Crippen LogP contribution in [0.3, 0.4) is 0 Å². The molecule has 5 heteroatoms. The topological polar surface area (TPSA) is 80.5 Å². The molecule has 102 valence electrons. The Bertz CT molecular complexity index is 971. The molecule has 0 saturated carbocycles. The number of nitrogen functional groups attached to an aromatic ring is 1. The van der Waals surface area contributed by atoms with E-state index in [0.29, 0.717) is 5.82 Å². The molecule has 0 aromatic carbocycles. The van der Waals surface area contributed by atoms with E-state index in [9.17, 15) is 0 Å². The van der Waals surface area contributed by atoms with Crippen LogP contribution < -0.4 is 5.73 Å². The minimum Gasteiger partial charge on any atom is -0.383 e. The average Bonchev–Trinajstić information content (AvgIpc) is 2.84. The molecule has 5 nitrogen and oxygen atoms in total. The first kappa shape index (κ1) is 11.8. The van der Waals surface area contributed by atoms with Crippen molar-refractivity contribution in [2.24, 2.45) is 0 Å². The highest BCUT2D eigenvalue weighted by Gasteiger charge is 2.15. The molecule has 21 heavy (non-hydrogen) atoms. The van der Waals surface area contributed by atoms with Gasteiger partial charge in [0, 0.05) is 52.4 Å². The Morgan fingerprint density at radius 1 is 1.00 bits per heavy atom. The number of nitrogens with zero attached hydrogens (tertiary/aromatic N) is 3. The highest BCUT2D eigenvalue weighted by atomic mass is 14.9. The summed E-state index contributed by atoms with van der Waals surface area (Å²) in [7, 11) is 0. The zero-order valence-electron chi connectivity index (χ0n) is 11.5. The monoisotopic (exact) mass is 275 g/mol. The summed E-state index contributed by atoms with van der Waals surface area (Å²) in [6.45, 7) is 2.04. The molecule has 3 N–H and O–H groups in total. The van der Waals surface area contributed by atoms with Gasteiger partial charge in [-0.25, -0.2) is 9.97 Å². The van der Waals surface area contributed by atoms with Crippen LogP contribution in [-0.2, 0) is 0 Å². The number of aromatic amines is 1. The molecular formula is C16H13N5. The first-order valence-electron chi connectivity index (χ1n) is 6.67. The molecule has 0 aliphatic heterocycles. The summed E-state index contributed by atoms with van der Waals surface area (Å²) in [5.74, 6) is 0.498. The fourth-order valence-electron chi connectivity index (χ4n) is 2.80. The van der Waals surface area contributed by atoms with Gasteiger partial charge < -0.3 is 10.7 Å². The summed E-state index contributed by atoms with van der Waals surface area (Å²) < 4.78 is 0. The number of nitrogens with two attached hydrogens (primary N) is 1. The van der Waals surface area contributed by atoms with E-state index < -0.39 is 0 Å². The van der Waals surface area contributed by atoms with Crippen molar-refractivity contribution in [2.45, 2.75) is 6.92 Å². The lowest BCUT2D eigenvalue weighted by Crippen LogP contribution is -1.94. The van der Waals surface area contributed by atoms with Crippen LogP contribution in [0.5, 0.6) is 0 Å². The highest BCUT2D eigenvalue weighted by Crippen LogP contribution is 2.36. The standard InChI is InChI=1S/C16H13N5/c1-9-14(11-3-2-5-19-16(11)21-9)12-8-20-15(17)13-7-18-6-4-10(12)13/h2-8H,1H3,(H2,17,20)(H,19,21). The van der Waals surface area contributed by atoms with Crippen LogP contribution in [0.25, 0.3) is 32.9 Å². The van der Waals surface area contributed by atoms with Gasteiger partial charge in [-0.05, 0) is 30.5 Å². The number of hydrogen-bond acceptors (Lipinski definition) is 4. The number of pyridine rings is 3. The van der Waals surface area contributed by atoms with Crippen molar-refractivity contribution in [3.8, 4) is 11.1 Å². The molecule has 0 bridgehead atoms. The zero-order valence-corrected chi connectivity index (χ0v) is 11.5. The molecule has 0 atom stereocenters. The Morgan fingerprint density at radius 3 is 2.81 bits per heavy atom. The molecule has 0 aliphatic rings. The molecule has 0 aliphatic carbocycles. The Balaban J connectivity index is 2.15. The third-order valence-corrected chi connectivity index (χ3v) is 3.75. The van der Waals surface area contributed by atoms with E-state index in [-0.39, 0.29) is 0 Å². The minimum atomic E-state index is 0.498. The van der Waals surface area contributed by atoms with Gasteiger partial charge >= 0.3 is 0 Å². The fraction of sp³-hybridized carbons (Fsp3) is 0.0625. The Morgan fingerprint density at radius 2 is 1.90 bits per heavy atom. The van der Waals surface area contributed by atoms with Crippen LogP contribution >= 0.6 is 0 Å². The van der Waals surface area contributed by atoms with Crippen LogP contribution in [0, 0.1) is 6.92 Å². The van der Waals surface area contributed by atoms with Gasteiger partial charge in [-0.3, -0.25) is 4.98 Å². The molecule has 0 unspecified atom stereocenters. The summed E-state index contributed by atoms with van der Waals surface area (Å²) in [4.78, 5) is 16.1. The zero-order chi connectivity index (χ0) is 14.4. The van der Waals surface area contributed by atoms with Crippen LogP contribution in [-0.4, -0.2) is 19.9 Å². The minimum absolute atomic E-state index is 0.498. The molecule has 4 aromatic heterocycles. The second kappa shape index (κ2) is 4.28. The Hall–Kier alpha value is -2.95. The normalized spacial score (nSPS) is 11.3. The molecule has 0 spiro atoms. The quantitative estimate of drug-likeness (QED) is 0.559.